The van der Waals surface area contributed by atoms with Crippen LogP contribution in [0.5, 0.6) is 0 Å². The summed E-state index contributed by atoms with van der Waals surface area (Å²) in [5.74, 6) is 1.43. The van der Waals surface area contributed by atoms with Crippen LogP contribution in [-0.2, 0) is 0 Å². The Balaban J connectivity index is 2.05. The van der Waals surface area contributed by atoms with E-state index in [0.29, 0.717) is 5.92 Å². The van der Waals surface area contributed by atoms with E-state index in [2.05, 4.69) is 6.92 Å². The average Bonchev–Trinajstić information content (AvgIpc) is 2.21. The van der Waals surface area contributed by atoms with Gasteiger partial charge in [-0.15, -0.1) is 0 Å². The Bertz CT molecular complexity index is 281. The maximum atomic E-state index is 12.7. The molecule has 0 unspecified atom stereocenters. The van der Waals surface area contributed by atoms with Crippen molar-refractivity contribution in [2.45, 2.75) is 38.5 Å². The summed E-state index contributed by atoms with van der Waals surface area (Å²) in [6.45, 7) is 2.32. The summed E-state index contributed by atoms with van der Waals surface area (Å²) in [6, 6.07) is 7.03. The molecule has 0 amide bonds. The molecule has 14 heavy (non-hydrogen) atoms. The van der Waals surface area contributed by atoms with Gasteiger partial charge in [-0.2, -0.15) is 0 Å². The van der Waals surface area contributed by atoms with Crippen LogP contribution in [0.25, 0.3) is 0 Å². The van der Waals surface area contributed by atoms with Crippen molar-refractivity contribution in [2.24, 2.45) is 5.92 Å². The first-order valence-corrected chi connectivity index (χ1v) is 5.51. The third kappa shape index (κ3) is 2.14. The topological polar surface area (TPSA) is 0 Å². The largest absolute Gasteiger partial charge is 0.207 e. The molecule has 1 aliphatic rings. The third-order valence-electron chi connectivity index (χ3n) is 3.36. The van der Waals surface area contributed by atoms with Crippen LogP contribution >= 0.6 is 0 Å². The molecule has 0 radical (unpaired) electrons. The zero-order chi connectivity index (χ0) is 9.97. The molecular weight excluding hydrogens is 175 g/mol. The lowest BCUT2D eigenvalue weighted by molar-refractivity contribution is 0.348. The number of hydrogen-bond acceptors (Lipinski definition) is 0. The van der Waals surface area contributed by atoms with Crippen LogP contribution in [0.4, 0.5) is 4.39 Å². The molecule has 0 nitrogen and oxygen atoms in total. The van der Waals surface area contributed by atoms with Crippen LogP contribution < -0.4 is 0 Å². The van der Waals surface area contributed by atoms with Gasteiger partial charge in [0, 0.05) is 0 Å². The molecule has 0 spiro atoms. The summed E-state index contributed by atoms with van der Waals surface area (Å²) in [7, 11) is 0. The van der Waals surface area contributed by atoms with E-state index in [0.717, 1.165) is 5.92 Å². The van der Waals surface area contributed by atoms with Crippen LogP contribution in [-0.4, -0.2) is 0 Å². The van der Waals surface area contributed by atoms with Gasteiger partial charge in [-0.05, 0) is 42.4 Å². The second-order valence-electron chi connectivity index (χ2n) is 4.51. The molecule has 0 saturated heterocycles. The number of halogens is 1. The van der Waals surface area contributed by atoms with Crippen LogP contribution in [0, 0.1) is 11.7 Å². The number of benzene rings is 1. The SMILES string of the molecule is CC1CCC(c2ccc(F)cc2)CC1. The van der Waals surface area contributed by atoms with Crippen molar-refractivity contribution in [2.75, 3.05) is 0 Å². The Morgan fingerprint density at radius 2 is 1.57 bits per heavy atom. The van der Waals surface area contributed by atoms with Crippen molar-refractivity contribution in [1.29, 1.82) is 0 Å². The normalized spacial score (nSPS) is 27.6. The minimum atomic E-state index is -0.127. The molecule has 1 aromatic carbocycles. The van der Waals surface area contributed by atoms with E-state index in [1.807, 2.05) is 12.1 Å². The molecule has 0 aliphatic heterocycles. The highest BCUT2D eigenvalue weighted by Crippen LogP contribution is 2.35. The molecule has 1 aliphatic carbocycles. The summed E-state index contributed by atoms with van der Waals surface area (Å²) in [5, 5.41) is 0. The maximum absolute atomic E-state index is 12.7. The van der Waals surface area contributed by atoms with Crippen molar-refractivity contribution in [1.82, 2.24) is 0 Å². The van der Waals surface area contributed by atoms with E-state index in [9.17, 15) is 4.39 Å². The summed E-state index contributed by atoms with van der Waals surface area (Å²) >= 11 is 0. The quantitative estimate of drug-likeness (QED) is 0.628. The maximum Gasteiger partial charge on any atom is 0.123 e. The zero-order valence-electron chi connectivity index (χ0n) is 8.67. The standard InChI is InChI=1S/C13H17F/c1-10-2-4-11(5-3-10)12-6-8-13(14)9-7-12/h6-11H,2-5H2,1H3. The molecule has 0 bridgehead atoms. The number of rotatable bonds is 1. The molecule has 76 valence electrons. The molecule has 1 heteroatoms. The highest BCUT2D eigenvalue weighted by atomic mass is 19.1. The van der Waals surface area contributed by atoms with Crippen LogP contribution in [0.15, 0.2) is 24.3 Å². The van der Waals surface area contributed by atoms with Crippen molar-refractivity contribution in [3.8, 4) is 0 Å². The van der Waals surface area contributed by atoms with Gasteiger partial charge in [0.2, 0.25) is 0 Å². The summed E-state index contributed by atoms with van der Waals surface area (Å²) in [6.07, 6.45) is 5.18. The Labute approximate surface area is 85.1 Å². The molecule has 1 saturated carbocycles. The van der Waals surface area contributed by atoms with Crippen molar-refractivity contribution < 1.29 is 4.39 Å². The fraction of sp³-hybridized carbons (Fsp3) is 0.538. The molecule has 2 rings (SSSR count). The van der Waals surface area contributed by atoms with Gasteiger partial charge >= 0.3 is 0 Å². The van der Waals surface area contributed by atoms with Crippen molar-refractivity contribution in [3.63, 3.8) is 0 Å². The van der Waals surface area contributed by atoms with Gasteiger partial charge in [-0.25, -0.2) is 4.39 Å². The minimum absolute atomic E-state index is 0.127. The van der Waals surface area contributed by atoms with Gasteiger partial charge in [-0.3, -0.25) is 0 Å². The van der Waals surface area contributed by atoms with Gasteiger partial charge in [0.25, 0.3) is 0 Å². The van der Waals surface area contributed by atoms with Crippen molar-refractivity contribution in [3.05, 3.63) is 35.6 Å². The van der Waals surface area contributed by atoms with E-state index in [1.54, 1.807) is 12.1 Å². The highest BCUT2D eigenvalue weighted by Gasteiger charge is 2.19. The van der Waals surface area contributed by atoms with Gasteiger partial charge in [0.15, 0.2) is 0 Å². The van der Waals surface area contributed by atoms with E-state index in [1.165, 1.54) is 31.2 Å². The average molecular weight is 192 g/mol. The van der Waals surface area contributed by atoms with Crippen LogP contribution in [0.1, 0.15) is 44.1 Å². The van der Waals surface area contributed by atoms with Crippen LogP contribution in [0.3, 0.4) is 0 Å². The first-order valence-electron chi connectivity index (χ1n) is 5.51. The lowest BCUT2D eigenvalue weighted by atomic mass is 9.79. The minimum Gasteiger partial charge on any atom is -0.207 e. The molecule has 0 N–H and O–H groups in total. The fourth-order valence-electron chi connectivity index (χ4n) is 2.33. The molecular formula is C13H17F. The monoisotopic (exact) mass is 192 g/mol. The van der Waals surface area contributed by atoms with Gasteiger partial charge < -0.3 is 0 Å². The smallest absolute Gasteiger partial charge is 0.123 e. The second kappa shape index (κ2) is 4.12. The van der Waals surface area contributed by atoms with E-state index in [-0.39, 0.29) is 5.82 Å². The molecule has 0 heterocycles. The predicted molar refractivity (Wildman–Crippen MR) is 56.8 cm³/mol. The molecule has 1 fully saturated rings. The van der Waals surface area contributed by atoms with Gasteiger partial charge in [-0.1, -0.05) is 31.9 Å². The Morgan fingerprint density at radius 3 is 2.14 bits per heavy atom. The third-order valence-corrected chi connectivity index (χ3v) is 3.36. The summed E-state index contributed by atoms with van der Waals surface area (Å²) in [4.78, 5) is 0. The zero-order valence-corrected chi connectivity index (χ0v) is 8.67. The second-order valence-corrected chi connectivity index (χ2v) is 4.51. The highest BCUT2D eigenvalue weighted by molar-refractivity contribution is 5.20. The van der Waals surface area contributed by atoms with Crippen molar-refractivity contribution >= 4 is 0 Å². The molecule has 1 aromatic rings. The molecule has 0 aromatic heterocycles. The fourth-order valence-corrected chi connectivity index (χ4v) is 2.33. The summed E-state index contributed by atoms with van der Waals surface area (Å²) in [5.41, 5.74) is 1.32. The number of hydrogen-bond donors (Lipinski definition) is 0. The first kappa shape index (κ1) is 9.70. The molecule has 0 atom stereocenters. The van der Waals surface area contributed by atoms with E-state index >= 15 is 0 Å². The Kier molecular flexibility index (Phi) is 2.85. The van der Waals surface area contributed by atoms with Gasteiger partial charge in [0.1, 0.15) is 5.82 Å². The van der Waals surface area contributed by atoms with Gasteiger partial charge in [0.05, 0.1) is 0 Å². The van der Waals surface area contributed by atoms with E-state index in [4.69, 9.17) is 0 Å². The predicted octanol–water partition coefficient (Wildman–Crippen LogP) is 4.12. The van der Waals surface area contributed by atoms with Crippen LogP contribution in [0.2, 0.25) is 0 Å². The van der Waals surface area contributed by atoms with E-state index < -0.39 is 0 Å². The Hall–Kier alpha value is -0.850. The first-order chi connectivity index (χ1) is 6.75. The Morgan fingerprint density at radius 1 is 1.00 bits per heavy atom. The lowest BCUT2D eigenvalue weighted by Crippen LogP contribution is -2.10. The lowest BCUT2D eigenvalue weighted by Gasteiger charge is -2.26. The summed E-state index contributed by atoms with van der Waals surface area (Å²) < 4.78 is 12.7.